The van der Waals surface area contributed by atoms with Gasteiger partial charge in [-0.25, -0.2) is 13.0 Å². The summed E-state index contributed by atoms with van der Waals surface area (Å²) in [4.78, 5) is 15.5. The van der Waals surface area contributed by atoms with Gasteiger partial charge in [0.05, 0.1) is 23.6 Å². The van der Waals surface area contributed by atoms with E-state index in [4.69, 9.17) is 0 Å². The van der Waals surface area contributed by atoms with Crippen LogP contribution in [0.4, 0.5) is 24.8 Å². The summed E-state index contributed by atoms with van der Waals surface area (Å²) in [7, 11) is -3.21. The number of aromatic nitrogens is 2. The topological polar surface area (TPSA) is 98.3 Å². The van der Waals surface area contributed by atoms with Crippen molar-refractivity contribution < 1.29 is 26.5 Å². The maximum atomic E-state index is 13.1. The van der Waals surface area contributed by atoms with E-state index >= 15 is 0 Å². The standard InChI is InChI=1S/C15H15F3N4O4S/c16-15(17,18)12-2-1-11(10-21-4-3-19-14(21)22(23)24)13(9-12)20-5-7-27(25,26)8-6-20/h1-4,9H,5-8,10H2. The molecule has 1 aliphatic rings. The lowest BCUT2D eigenvalue weighted by molar-refractivity contribution is -0.396. The highest BCUT2D eigenvalue weighted by Crippen LogP contribution is 2.34. The molecule has 0 N–H and O–H groups in total. The Balaban J connectivity index is 2.00. The SMILES string of the molecule is O=[N+]([O-])c1nccn1Cc1ccc(C(F)(F)F)cc1N1CCS(=O)(=O)CC1. The molecule has 2 aromatic rings. The third-order valence-corrected chi connectivity index (χ3v) is 5.90. The van der Waals surface area contributed by atoms with Crippen molar-refractivity contribution in [3.05, 3.63) is 51.8 Å². The molecular formula is C15H15F3N4O4S. The Morgan fingerprint density at radius 1 is 1.22 bits per heavy atom. The lowest BCUT2D eigenvalue weighted by atomic mass is 10.1. The van der Waals surface area contributed by atoms with E-state index in [-0.39, 0.29) is 36.8 Å². The van der Waals surface area contributed by atoms with Crippen LogP contribution in [0.25, 0.3) is 0 Å². The number of rotatable bonds is 4. The monoisotopic (exact) mass is 404 g/mol. The van der Waals surface area contributed by atoms with Crippen LogP contribution in [0.1, 0.15) is 11.1 Å². The molecule has 8 nitrogen and oxygen atoms in total. The van der Waals surface area contributed by atoms with Gasteiger partial charge in [-0.1, -0.05) is 11.1 Å². The fourth-order valence-corrected chi connectivity index (χ4v) is 4.10. The van der Waals surface area contributed by atoms with E-state index in [1.165, 1.54) is 23.0 Å². The van der Waals surface area contributed by atoms with Crippen molar-refractivity contribution in [2.75, 3.05) is 29.5 Å². The van der Waals surface area contributed by atoms with Crippen molar-refractivity contribution in [1.29, 1.82) is 0 Å². The molecule has 0 radical (unpaired) electrons. The summed E-state index contributed by atoms with van der Waals surface area (Å²) in [6.07, 6.45) is -1.97. The molecule has 1 fully saturated rings. The van der Waals surface area contributed by atoms with Gasteiger partial charge >= 0.3 is 12.1 Å². The van der Waals surface area contributed by atoms with Crippen LogP contribution in [-0.4, -0.2) is 47.5 Å². The molecular weight excluding hydrogens is 389 g/mol. The second-order valence-corrected chi connectivity index (χ2v) is 8.40. The van der Waals surface area contributed by atoms with Gasteiger partial charge in [0, 0.05) is 24.3 Å². The first-order valence-electron chi connectivity index (χ1n) is 7.88. The van der Waals surface area contributed by atoms with E-state index in [0.29, 0.717) is 5.56 Å². The predicted octanol–water partition coefficient (Wildman–Crippen LogP) is 2.09. The van der Waals surface area contributed by atoms with E-state index in [1.54, 1.807) is 4.90 Å². The minimum atomic E-state index is -4.56. The third-order valence-electron chi connectivity index (χ3n) is 4.30. The predicted molar refractivity (Wildman–Crippen MR) is 90.3 cm³/mol. The van der Waals surface area contributed by atoms with Gasteiger partial charge in [-0.05, 0) is 17.1 Å². The molecule has 0 unspecified atom stereocenters. The zero-order valence-electron chi connectivity index (χ0n) is 13.9. The van der Waals surface area contributed by atoms with Gasteiger partial charge in [-0.15, -0.1) is 0 Å². The Bertz CT molecular complexity index is 958. The summed E-state index contributed by atoms with van der Waals surface area (Å²) < 4.78 is 63.8. The van der Waals surface area contributed by atoms with Crippen LogP contribution in [0, 0.1) is 10.1 Å². The third kappa shape index (κ3) is 4.21. The second kappa shape index (κ2) is 6.83. The molecule has 1 saturated heterocycles. The van der Waals surface area contributed by atoms with Gasteiger partial charge in [0.25, 0.3) is 0 Å². The number of alkyl halides is 3. The van der Waals surface area contributed by atoms with Crippen molar-refractivity contribution in [3.63, 3.8) is 0 Å². The highest BCUT2D eigenvalue weighted by molar-refractivity contribution is 7.91. The smallest absolute Gasteiger partial charge is 0.390 e. The van der Waals surface area contributed by atoms with Gasteiger partial charge in [0.1, 0.15) is 12.4 Å². The van der Waals surface area contributed by atoms with E-state index in [2.05, 4.69) is 4.98 Å². The van der Waals surface area contributed by atoms with Crippen LogP contribution in [0.2, 0.25) is 0 Å². The number of anilines is 1. The highest BCUT2D eigenvalue weighted by Gasteiger charge is 2.33. The van der Waals surface area contributed by atoms with Crippen molar-refractivity contribution in [2.24, 2.45) is 0 Å². The van der Waals surface area contributed by atoms with Crippen molar-refractivity contribution in [1.82, 2.24) is 9.55 Å². The zero-order valence-corrected chi connectivity index (χ0v) is 14.7. The first kappa shape index (κ1) is 19.1. The highest BCUT2D eigenvalue weighted by atomic mass is 32.2. The number of imidazole rings is 1. The van der Waals surface area contributed by atoms with Crippen LogP contribution in [-0.2, 0) is 22.6 Å². The Kier molecular flexibility index (Phi) is 4.84. The fourth-order valence-electron chi connectivity index (χ4n) is 2.90. The summed E-state index contributed by atoms with van der Waals surface area (Å²) in [5.74, 6) is -0.746. The molecule has 27 heavy (non-hydrogen) atoms. The number of sulfone groups is 1. The van der Waals surface area contributed by atoms with Crippen LogP contribution < -0.4 is 4.90 Å². The summed E-state index contributed by atoms with van der Waals surface area (Å²) >= 11 is 0. The van der Waals surface area contributed by atoms with Gasteiger partial charge in [-0.3, -0.25) is 0 Å². The van der Waals surface area contributed by atoms with Crippen LogP contribution in [0.5, 0.6) is 0 Å². The second-order valence-electron chi connectivity index (χ2n) is 6.09. The maximum absolute atomic E-state index is 13.1. The van der Waals surface area contributed by atoms with E-state index < -0.39 is 32.4 Å². The number of hydrogen-bond acceptors (Lipinski definition) is 6. The average molecular weight is 404 g/mol. The number of hydrogen-bond donors (Lipinski definition) is 0. The molecule has 146 valence electrons. The average Bonchev–Trinajstić information content (AvgIpc) is 3.03. The molecule has 0 bridgehead atoms. The quantitative estimate of drug-likeness (QED) is 0.572. The van der Waals surface area contributed by atoms with Crippen LogP contribution in [0.3, 0.4) is 0 Å². The number of benzene rings is 1. The molecule has 2 heterocycles. The lowest BCUT2D eigenvalue weighted by Gasteiger charge is -2.31. The summed E-state index contributed by atoms with van der Waals surface area (Å²) in [5, 5.41) is 11.0. The molecule has 12 heteroatoms. The van der Waals surface area contributed by atoms with Gasteiger partial charge in [0.2, 0.25) is 0 Å². The number of nitrogens with zero attached hydrogens (tertiary/aromatic N) is 4. The van der Waals surface area contributed by atoms with E-state index in [0.717, 1.165) is 12.1 Å². The van der Waals surface area contributed by atoms with Crippen LogP contribution >= 0.6 is 0 Å². The van der Waals surface area contributed by atoms with E-state index in [1.807, 2.05) is 0 Å². The Morgan fingerprint density at radius 3 is 2.48 bits per heavy atom. The maximum Gasteiger partial charge on any atom is 0.434 e. The fraction of sp³-hybridized carbons (Fsp3) is 0.400. The lowest BCUT2D eigenvalue weighted by Crippen LogP contribution is -2.40. The molecule has 0 saturated carbocycles. The minimum absolute atomic E-state index is 0.0582. The zero-order chi connectivity index (χ0) is 19.8. The molecule has 0 amide bonds. The Morgan fingerprint density at radius 2 is 1.89 bits per heavy atom. The van der Waals surface area contributed by atoms with E-state index in [9.17, 15) is 31.7 Å². The first-order chi connectivity index (χ1) is 12.6. The molecule has 0 spiro atoms. The summed E-state index contributed by atoms with van der Waals surface area (Å²) in [6, 6.07) is 3.11. The molecule has 1 aliphatic heterocycles. The largest absolute Gasteiger partial charge is 0.434 e. The van der Waals surface area contributed by atoms with Crippen molar-refractivity contribution >= 4 is 21.5 Å². The molecule has 0 atom stereocenters. The molecule has 3 rings (SSSR count). The molecule has 1 aromatic carbocycles. The summed E-state index contributed by atoms with van der Waals surface area (Å²) in [5.41, 5.74) is -0.249. The summed E-state index contributed by atoms with van der Waals surface area (Å²) in [6.45, 7) is 0.0539. The Labute approximate surface area is 152 Å². The van der Waals surface area contributed by atoms with Crippen molar-refractivity contribution in [2.45, 2.75) is 12.7 Å². The normalized spacial score (nSPS) is 17.1. The molecule has 0 aliphatic carbocycles. The van der Waals surface area contributed by atoms with Crippen LogP contribution in [0.15, 0.2) is 30.6 Å². The van der Waals surface area contributed by atoms with Gasteiger partial charge in [0.15, 0.2) is 9.84 Å². The van der Waals surface area contributed by atoms with Gasteiger partial charge < -0.3 is 15.0 Å². The van der Waals surface area contributed by atoms with Crippen molar-refractivity contribution in [3.8, 4) is 0 Å². The molecule has 1 aromatic heterocycles. The number of nitro groups is 1. The van der Waals surface area contributed by atoms with Gasteiger partial charge in [-0.2, -0.15) is 13.2 Å². The Hall–Kier alpha value is -2.63. The minimum Gasteiger partial charge on any atom is -0.390 e. The number of halogens is 3. The first-order valence-corrected chi connectivity index (χ1v) is 9.70.